The van der Waals surface area contributed by atoms with Gasteiger partial charge in [0.2, 0.25) is 0 Å². The number of hydrogen-bond donors (Lipinski definition) is 0. The molecule has 0 saturated carbocycles. The van der Waals surface area contributed by atoms with Gasteiger partial charge in [-0.05, 0) is 39.4 Å². The lowest BCUT2D eigenvalue weighted by atomic mass is 9.97. The number of para-hydroxylation sites is 1. The maximum absolute atomic E-state index is 13.2. The molecule has 1 amide bonds. The highest BCUT2D eigenvalue weighted by Crippen LogP contribution is 2.28. The molecule has 0 radical (unpaired) electrons. The number of piperidine rings is 1. The number of aromatic nitrogens is 3. The zero-order valence-electron chi connectivity index (χ0n) is 17.1. The Bertz CT molecular complexity index is 1050. The first-order valence-corrected chi connectivity index (χ1v) is 10.5. The van der Waals surface area contributed by atoms with E-state index in [1.54, 1.807) is 0 Å². The van der Waals surface area contributed by atoms with Gasteiger partial charge >= 0.3 is 0 Å². The van der Waals surface area contributed by atoms with Crippen molar-refractivity contribution in [2.24, 2.45) is 0 Å². The summed E-state index contributed by atoms with van der Waals surface area (Å²) in [6.45, 7) is 6.16. The molecule has 1 atom stereocenters. The van der Waals surface area contributed by atoms with Crippen LogP contribution in [0.1, 0.15) is 46.5 Å². The van der Waals surface area contributed by atoms with Gasteiger partial charge in [0.15, 0.2) is 5.76 Å². The van der Waals surface area contributed by atoms with Crippen molar-refractivity contribution >= 4 is 16.9 Å². The quantitative estimate of drug-likeness (QED) is 0.670. The molecule has 5 rings (SSSR count). The van der Waals surface area contributed by atoms with Crippen molar-refractivity contribution in [3.05, 3.63) is 47.2 Å². The zero-order valence-corrected chi connectivity index (χ0v) is 17.1. The first kappa shape index (κ1) is 18.4. The molecule has 2 aromatic heterocycles. The lowest BCUT2D eigenvalue weighted by Crippen LogP contribution is -2.34. The summed E-state index contributed by atoms with van der Waals surface area (Å²) in [7, 11) is 2.17. The number of rotatable bonds is 2. The van der Waals surface area contributed by atoms with E-state index in [9.17, 15) is 4.79 Å². The normalized spacial score (nSPS) is 20.6. The third kappa shape index (κ3) is 3.23. The number of furan rings is 1. The molecular formula is C22H27N5O2. The number of fused-ring (bicyclic) bond motifs is 2. The predicted octanol–water partition coefficient (Wildman–Crippen LogP) is 2.84. The molecule has 2 aliphatic rings. The number of amides is 1. The second-order valence-electron chi connectivity index (χ2n) is 8.32. The number of benzene rings is 1. The fourth-order valence-electron chi connectivity index (χ4n) is 4.75. The van der Waals surface area contributed by atoms with Gasteiger partial charge in [0.25, 0.3) is 5.91 Å². The summed E-state index contributed by atoms with van der Waals surface area (Å²) in [5, 5.41) is 10.0. The molecule has 0 bridgehead atoms. The maximum Gasteiger partial charge on any atom is 0.289 e. The fourth-order valence-corrected chi connectivity index (χ4v) is 4.75. The summed E-state index contributed by atoms with van der Waals surface area (Å²) < 4.78 is 8.17. The standard InChI is InChI=1S/C22H27N5O2/c1-15-17-7-3-4-8-18(17)29-20(15)22(28)26-11-9-19-23-24-21(27(19)13-12-26)16-6-5-10-25(2)14-16/h3-4,7-8,16H,5-6,9-14H2,1-2H3/t16-/m0/s1. The molecule has 152 valence electrons. The van der Waals surface area contributed by atoms with Crippen molar-refractivity contribution in [1.82, 2.24) is 24.6 Å². The van der Waals surface area contributed by atoms with Gasteiger partial charge in [0.1, 0.15) is 17.2 Å². The lowest BCUT2D eigenvalue weighted by molar-refractivity contribution is 0.0728. The molecule has 0 aliphatic carbocycles. The fraction of sp³-hybridized carbons (Fsp3) is 0.500. The minimum Gasteiger partial charge on any atom is -0.451 e. The predicted molar refractivity (Wildman–Crippen MR) is 110 cm³/mol. The smallest absolute Gasteiger partial charge is 0.289 e. The molecule has 1 aromatic carbocycles. The Labute approximate surface area is 170 Å². The van der Waals surface area contributed by atoms with Crippen LogP contribution in [0.15, 0.2) is 28.7 Å². The third-order valence-electron chi connectivity index (χ3n) is 6.37. The molecule has 29 heavy (non-hydrogen) atoms. The van der Waals surface area contributed by atoms with Crippen LogP contribution in [0.3, 0.4) is 0 Å². The second-order valence-corrected chi connectivity index (χ2v) is 8.32. The van der Waals surface area contributed by atoms with Crippen molar-refractivity contribution in [3.63, 3.8) is 0 Å². The Kier molecular flexibility index (Phi) is 4.62. The summed E-state index contributed by atoms with van der Waals surface area (Å²) in [4.78, 5) is 17.5. The number of carbonyl (C=O) groups is 1. The highest BCUT2D eigenvalue weighted by Gasteiger charge is 2.29. The van der Waals surface area contributed by atoms with Crippen molar-refractivity contribution < 1.29 is 9.21 Å². The van der Waals surface area contributed by atoms with Crippen molar-refractivity contribution in [3.8, 4) is 0 Å². The highest BCUT2D eigenvalue weighted by molar-refractivity contribution is 5.98. The minimum atomic E-state index is -0.0311. The molecule has 7 heteroatoms. The van der Waals surface area contributed by atoms with Crippen LogP contribution in [-0.2, 0) is 13.0 Å². The third-order valence-corrected chi connectivity index (χ3v) is 6.37. The average Bonchev–Trinajstić information content (AvgIpc) is 3.22. The summed E-state index contributed by atoms with van der Waals surface area (Å²) in [5.41, 5.74) is 1.68. The molecular weight excluding hydrogens is 366 g/mol. The Morgan fingerprint density at radius 3 is 2.83 bits per heavy atom. The van der Waals surface area contributed by atoms with E-state index >= 15 is 0 Å². The van der Waals surface area contributed by atoms with Crippen molar-refractivity contribution in [2.75, 3.05) is 33.2 Å². The van der Waals surface area contributed by atoms with Gasteiger partial charge < -0.3 is 18.8 Å². The molecule has 0 unspecified atom stereocenters. The first-order chi connectivity index (χ1) is 14.1. The molecule has 1 saturated heterocycles. The second kappa shape index (κ2) is 7.30. The van der Waals surface area contributed by atoms with Gasteiger partial charge in [-0.15, -0.1) is 10.2 Å². The van der Waals surface area contributed by atoms with Crippen LogP contribution >= 0.6 is 0 Å². The number of hydrogen-bond acceptors (Lipinski definition) is 5. The summed E-state index contributed by atoms with van der Waals surface area (Å²) in [6.07, 6.45) is 3.07. The Morgan fingerprint density at radius 2 is 2.00 bits per heavy atom. The van der Waals surface area contributed by atoms with E-state index < -0.39 is 0 Å². The van der Waals surface area contributed by atoms with Crippen LogP contribution in [0.25, 0.3) is 11.0 Å². The molecule has 0 spiro atoms. The largest absolute Gasteiger partial charge is 0.451 e. The van der Waals surface area contributed by atoms with Gasteiger partial charge in [-0.3, -0.25) is 4.79 Å². The number of nitrogens with zero attached hydrogens (tertiary/aromatic N) is 5. The van der Waals surface area contributed by atoms with Gasteiger partial charge in [0.05, 0.1) is 0 Å². The van der Waals surface area contributed by atoms with Crippen LogP contribution in [-0.4, -0.2) is 63.7 Å². The number of likely N-dealkylation sites (tertiary alicyclic amines) is 1. The molecule has 2 aliphatic heterocycles. The lowest BCUT2D eigenvalue weighted by Gasteiger charge is -2.29. The van der Waals surface area contributed by atoms with E-state index in [1.807, 2.05) is 36.1 Å². The summed E-state index contributed by atoms with van der Waals surface area (Å²) in [5.74, 6) is 2.93. The number of carbonyl (C=O) groups excluding carboxylic acids is 1. The van der Waals surface area contributed by atoms with E-state index in [1.165, 1.54) is 6.42 Å². The number of aryl methyl sites for hydroxylation is 1. The monoisotopic (exact) mass is 393 g/mol. The van der Waals surface area contributed by atoms with Gasteiger partial charge in [-0.1, -0.05) is 18.2 Å². The van der Waals surface area contributed by atoms with E-state index in [0.29, 0.717) is 24.8 Å². The molecule has 4 heterocycles. The van der Waals surface area contributed by atoms with E-state index in [0.717, 1.165) is 60.7 Å². The van der Waals surface area contributed by atoms with Crippen molar-refractivity contribution in [2.45, 2.75) is 38.6 Å². The molecule has 1 fully saturated rings. The highest BCUT2D eigenvalue weighted by atomic mass is 16.3. The van der Waals surface area contributed by atoms with E-state index in [2.05, 4.69) is 26.7 Å². The topological polar surface area (TPSA) is 67.4 Å². The molecule has 3 aromatic rings. The maximum atomic E-state index is 13.2. The van der Waals surface area contributed by atoms with Gasteiger partial charge in [-0.2, -0.15) is 0 Å². The first-order valence-electron chi connectivity index (χ1n) is 10.5. The van der Waals surface area contributed by atoms with Gasteiger partial charge in [0, 0.05) is 49.5 Å². The van der Waals surface area contributed by atoms with Crippen LogP contribution in [0.5, 0.6) is 0 Å². The van der Waals surface area contributed by atoms with E-state index in [-0.39, 0.29) is 5.91 Å². The van der Waals surface area contributed by atoms with E-state index in [4.69, 9.17) is 4.42 Å². The van der Waals surface area contributed by atoms with Crippen molar-refractivity contribution in [1.29, 1.82) is 0 Å². The minimum absolute atomic E-state index is 0.0311. The Morgan fingerprint density at radius 1 is 1.14 bits per heavy atom. The molecule has 7 nitrogen and oxygen atoms in total. The zero-order chi connectivity index (χ0) is 20.0. The Hall–Kier alpha value is -2.67. The summed E-state index contributed by atoms with van der Waals surface area (Å²) >= 11 is 0. The van der Waals surface area contributed by atoms with Crippen LogP contribution in [0.2, 0.25) is 0 Å². The Balaban J connectivity index is 1.36. The average molecular weight is 393 g/mol. The SMILES string of the molecule is Cc1c(C(=O)N2CCc3nnc([C@H]4CCCN(C)C4)n3CC2)oc2ccccc12. The number of likely N-dealkylation sites (N-methyl/N-ethyl adjacent to an activating group) is 1. The van der Waals surface area contributed by atoms with Crippen LogP contribution in [0.4, 0.5) is 0 Å². The van der Waals surface area contributed by atoms with Crippen LogP contribution < -0.4 is 0 Å². The van der Waals surface area contributed by atoms with Crippen LogP contribution in [0, 0.1) is 6.92 Å². The summed E-state index contributed by atoms with van der Waals surface area (Å²) in [6, 6.07) is 7.82. The molecule has 0 N–H and O–H groups in total. The van der Waals surface area contributed by atoms with Gasteiger partial charge in [-0.25, -0.2) is 0 Å².